The van der Waals surface area contributed by atoms with E-state index in [4.69, 9.17) is 5.11 Å². The Kier molecular flexibility index (Phi) is 3.16. The molecule has 4 amide bonds. The smallest absolute Gasteiger partial charge is 0.328 e. The number of carbonyl (C=O) groups excluding carboxylic acids is 4. The number of hydrogen-bond donors (Lipinski definition) is 1. The second-order valence-corrected chi connectivity index (χ2v) is 4.13. The molecule has 8 heteroatoms. The van der Waals surface area contributed by atoms with Gasteiger partial charge in [-0.3, -0.25) is 29.0 Å². The minimum atomic E-state index is -1.53. The van der Waals surface area contributed by atoms with Crippen LogP contribution in [0.1, 0.15) is 12.8 Å². The summed E-state index contributed by atoms with van der Waals surface area (Å²) in [5.41, 5.74) is 0. The third-order valence-corrected chi connectivity index (χ3v) is 2.94. The van der Waals surface area contributed by atoms with E-state index in [0.29, 0.717) is 9.80 Å². The van der Waals surface area contributed by atoms with Gasteiger partial charge in [-0.2, -0.15) is 0 Å². The van der Waals surface area contributed by atoms with Gasteiger partial charge in [-0.05, 0) is 0 Å². The maximum Gasteiger partial charge on any atom is 0.328 e. The van der Waals surface area contributed by atoms with Gasteiger partial charge in [0.2, 0.25) is 11.8 Å². The third-order valence-electron chi connectivity index (χ3n) is 2.94. The fraction of sp³-hybridized carbons (Fsp3) is 0.364. The van der Waals surface area contributed by atoms with Crippen molar-refractivity contribution >= 4 is 29.6 Å². The third kappa shape index (κ3) is 2.24. The Morgan fingerprint density at radius 3 is 2.00 bits per heavy atom. The summed E-state index contributed by atoms with van der Waals surface area (Å²) in [5, 5.41) is 9.09. The van der Waals surface area contributed by atoms with Gasteiger partial charge in [-0.1, -0.05) is 0 Å². The largest absolute Gasteiger partial charge is 0.480 e. The van der Waals surface area contributed by atoms with Crippen LogP contribution in [0.5, 0.6) is 0 Å². The van der Waals surface area contributed by atoms with E-state index < -0.39 is 42.2 Å². The summed E-state index contributed by atoms with van der Waals surface area (Å²) >= 11 is 0. The quantitative estimate of drug-likeness (QED) is 0.620. The molecule has 0 saturated carbocycles. The van der Waals surface area contributed by atoms with Crippen molar-refractivity contribution < 1.29 is 29.1 Å². The van der Waals surface area contributed by atoms with Crippen LogP contribution < -0.4 is 0 Å². The van der Waals surface area contributed by atoms with Crippen molar-refractivity contribution in [2.24, 2.45) is 0 Å². The van der Waals surface area contributed by atoms with Crippen LogP contribution in [0.3, 0.4) is 0 Å². The molecule has 2 aliphatic heterocycles. The standard InChI is InChI=1S/C11H10N2O6/c14-7-1-2-8(15)12(7)5-6(11(18)19)13-9(16)3-4-10(13)17/h1-2,6H,3-5H2,(H,18,19)/t6-/m0/s1. The van der Waals surface area contributed by atoms with Crippen LogP contribution in [0.15, 0.2) is 12.2 Å². The van der Waals surface area contributed by atoms with Crippen molar-refractivity contribution in [2.45, 2.75) is 18.9 Å². The van der Waals surface area contributed by atoms with Crippen molar-refractivity contribution in [1.29, 1.82) is 0 Å². The summed E-state index contributed by atoms with van der Waals surface area (Å²) in [4.78, 5) is 58.2. The maximum absolute atomic E-state index is 11.5. The van der Waals surface area contributed by atoms with Crippen molar-refractivity contribution in [3.63, 3.8) is 0 Å². The van der Waals surface area contributed by atoms with Gasteiger partial charge >= 0.3 is 5.97 Å². The number of carboxylic acids is 1. The first kappa shape index (κ1) is 12.9. The Bertz CT molecular complexity index is 489. The summed E-state index contributed by atoms with van der Waals surface area (Å²) < 4.78 is 0. The van der Waals surface area contributed by atoms with Gasteiger partial charge < -0.3 is 5.11 Å². The Hall–Kier alpha value is -2.51. The number of hydrogen-bond acceptors (Lipinski definition) is 5. The Morgan fingerprint density at radius 1 is 1.11 bits per heavy atom. The average molecular weight is 266 g/mol. The number of amides is 4. The lowest BCUT2D eigenvalue weighted by Gasteiger charge is -2.25. The lowest BCUT2D eigenvalue weighted by atomic mass is 10.2. The minimum Gasteiger partial charge on any atom is -0.480 e. The predicted octanol–water partition coefficient (Wildman–Crippen LogP) is -1.49. The van der Waals surface area contributed by atoms with Crippen LogP contribution in [0.25, 0.3) is 0 Å². The monoisotopic (exact) mass is 266 g/mol. The van der Waals surface area contributed by atoms with Gasteiger partial charge in [0.15, 0.2) is 6.04 Å². The molecule has 1 fully saturated rings. The summed E-state index contributed by atoms with van der Waals surface area (Å²) in [7, 11) is 0. The number of carboxylic acid groups (broad SMARTS) is 1. The zero-order valence-corrected chi connectivity index (χ0v) is 9.74. The molecule has 0 spiro atoms. The van der Waals surface area contributed by atoms with Gasteiger partial charge in [0.1, 0.15) is 0 Å². The van der Waals surface area contributed by atoms with Gasteiger partial charge in [-0.15, -0.1) is 0 Å². The van der Waals surface area contributed by atoms with Crippen LogP contribution in [0.2, 0.25) is 0 Å². The number of nitrogens with zero attached hydrogens (tertiary/aromatic N) is 2. The van der Waals surface area contributed by atoms with E-state index in [1.165, 1.54) is 0 Å². The average Bonchev–Trinajstić information content (AvgIpc) is 2.82. The highest BCUT2D eigenvalue weighted by atomic mass is 16.4. The van der Waals surface area contributed by atoms with Gasteiger partial charge in [0, 0.05) is 25.0 Å². The Morgan fingerprint density at radius 2 is 1.58 bits per heavy atom. The lowest BCUT2D eigenvalue weighted by molar-refractivity contribution is -0.156. The first-order valence-electron chi connectivity index (χ1n) is 5.53. The molecule has 2 rings (SSSR count). The fourth-order valence-electron chi connectivity index (χ4n) is 2.00. The molecule has 100 valence electrons. The van der Waals surface area contributed by atoms with E-state index >= 15 is 0 Å². The number of aliphatic carboxylic acids is 1. The molecule has 0 aromatic heterocycles. The first-order valence-corrected chi connectivity index (χ1v) is 5.53. The molecular weight excluding hydrogens is 256 g/mol. The predicted molar refractivity (Wildman–Crippen MR) is 58.4 cm³/mol. The van der Waals surface area contributed by atoms with Gasteiger partial charge in [0.25, 0.3) is 11.8 Å². The molecule has 2 heterocycles. The topological polar surface area (TPSA) is 112 Å². The number of imide groups is 2. The summed E-state index contributed by atoms with van der Waals surface area (Å²) in [6, 6.07) is -1.53. The molecule has 1 saturated heterocycles. The number of carbonyl (C=O) groups is 5. The zero-order chi connectivity index (χ0) is 14.2. The molecule has 0 bridgehead atoms. The Labute approximate surface area is 107 Å². The molecule has 0 aromatic rings. The molecule has 1 atom stereocenters. The van der Waals surface area contributed by atoms with Gasteiger partial charge in [-0.25, -0.2) is 4.79 Å². The number of likely N-dealkylation sites (tertiary alicyclic amines) is 1. The van der Waals surface area contributed by atoms with Crippen LogP contribution in [0.4, 0.5) is 0 Å². The van der Waals surface area contributed by atoms with Crippen molar-refractivity contribution in [3.8, 4) is 0 Å². The molecule has 8 nitrogen and oxygen atoms in total. The molecule has 2 aliphatic rings. The second-order valence-electron chi connectivity index (χ2n) is 4.13. The van der Waals surface area contributed by atoms with Crippen molar-refractivity contribution in [2.75, 3.05) is 6.54 Å². The van der Waals surface area contributed by atoms with E-state index in [9.17, 15) is 24.0 Å². The molecule has 0 unspecified atom stereocenters. The minimum absolute atomic E-state index is 0.0528. The molecule has 0 aromatic carbocycles. The number of rotatable bonds is 4. The van der Waals surface area contributed by atoms with E-state index in [1.807, 2.05) is 0 Å². The van der Waals surface area contributed by atoms with Crippen LogP contribution in [0, 0.1) is 0 Å². The molecule has 19 heavy (non-hydrogen) atoms. The summed E-state index contributed by atoms with van der Waals surface area (Å²) in [6.45, 7) is -0.530. The highest BCUT2D eigenvalue weighted by Gasteiger charge is 2.41. The Balaban J connectivity index is 2.20. The summed E-state index contributed by atoms with van der Waals surface area (Å²) in [5.74, 6) is -3.96. The molecule has 0 radical (unpaired) electrons. The van der Waals surface area contributed by atoms with E-state index in [-0.39, 0.29) is 12.8 Å². The van der Waals surface area contributed by atoms with Crippen LogP contribution >= 0.6 is 0 Å². The van der Waals surface area contributed by atoms with Crippen LogP contribution in [-0.2, 0) is 24.0 Å². The highest BCUT2D eigenvalue weighted by molar-refractivity contribution is 6.13. The van der Waals surface area contributed by atoms with E-state index in [2.05, 4.69) is 0 Å². The van der Waals surface area contributed by atoms with E-state index in [1.54, 1.807) is 0 Å². The van der Waals surface area contributed by atoms with Crippen molar-refractivity contribution in [1.82, 2.24) is 9.80 Å². The maximum atomic E-state index is 11.5. The molecular formula is C11H10N2O6. The van der Waals surface area contributed by atoms with Crippen molar-refractivity contribution in [3.05, 3.63) is 12.2 Å². The van der Waals surface area contributed by atoms with Crippen LogP contribution in [-0.4, -0.2) is 57.1 Å². The lowest BCUT2D eigenvalue weighted by Crippen LogP contribution is -2.52. The second kappa shape index (κ2) is 4.63. The fourth-order valence-corrected chi connectivity index (χ4v) is 2.00. The summed E-state index contributed by atoms with van der Waals surface area (Å²) in [6.07, 6.45) is 1.91. The molecule has 0 aliphatic carbocycles. The first-order chi connectivity index (χ1) is 8.91. The molecule has 1 N–H and O–H groups in total. The highest BCUT2D eigenvalue weighted by Crippen LogP contribution is 2.17. The zero-order valence-electron chi connectivity index (χ0n) is 9.74. The SMILES string of the molecule is O=C(O)[C@H](CN1C(=O)C=CC1=O)N1C(=O)CCC1=O. The van der Waals surface area contributed by atoms with E-state index in [0.717, 1.165) is 12.2 Å². The normalized spacial score (nSPS) is 20.6. The van der Waals surface area contributed by atoms with Gasteiger partial charge in [0.05, 0.1) is 6.54 Å².